The number of phenolic OH excluding ortho intramolecular Hbond substituents is 1. The fraction of sp³-hybridized carbons (Fsp3) is 0.0769. The van der Waals surface area contributed by atoms with Crippen LogP contribution in [-0.2, 0) is 0 Å². The summed E-state index contributed by atoms with van der Waals surface area (Å²) in [7, 11) is 1.64. The minimum absolute atomic E-state index is 0.264. The largest absolute Gasteiger partial charge is 0.508 e. The van der Waals surface area contributed by atoms with E-state index in [0.29, 0.717) is 0 Å². The molecule has 0 amide bonds. The summed E-state index contributed by atoms with van der Waals surface area (Å²) < 4.78 is 6.30. The molecule has 0 radical (unpaired) electrons. The normalized spacial score (nSPS) is 10.1. The highest BCUT2D eigenvalue weighted by Crippen LogP contribution is 2.32. The van der Waals surface area contributed by atoms with Gasteiger partial charge in [0.05, 0.1) is 7.11 Å². The van der Waals surface area contributed by atoms with Crippen molar-refractivity contribution >= 4 is 15.9 Å². The predicted molar refractivity (Wildman–Crippen MR) is 67.8 cm³/mol. The van der Waals surface area contributed by atoms with Gasteiger partial charge in [0, 0.05) is 10.0 Å². The van der Waals surface area contributed by atoms with Crippen LogP contribution >= 0.6 is 15.9 Å². The topological polar surface area (TPSA) is 29.5 Å². The van der Waals surface area contributed by atoms with Crippen molar-refractivity contribution in [2.45, 2.75) is 0 Å². The van der Waals surface area contributed by atoms with E-state index in [1.54, 1.807) is 19.2 Å². The van der Waals surface area contributed by atoms with Crippen LogP contribution in [0, 0.1) is 0 Å². The Morgan fingerprint density at radius 2 is 1.75 bits per heavy atom. The molecule has 2 aromatic rings. The van der Waals surface area contributed by atoms with Crippen molar-refractivity contribution < 1.29 is 9.84 Å². The fourth-order valence-corrected chi connectivity index (χ4v) is 1.88. The Bertz CT molecular complexity index is 492. The van der Waals surface area contributed by atoms with Crippen LogP contribution in [0.2, 0.25) is 0 Å². The molecule has 0 bridgehead atoms. The van der Waals surface area contributed by atoms with E-state index < -0.39 is 0 Å². The van der Waals surface area contributed by atoms with Crippen LogP contribution in [0.1, 0.15) is 0 Å². The van der Waals surface area contributed by atoms with Crippen molar-refractivity contribution in [3.8, 4) is 22.6 Å². The van der Waals surface area contributed by atoms with Crippen molar-refractivity contribution in [2.75, 3.05) is 7.11 Å². The number of hydrogen-bond acceptors (Lipinski definition) is 2. The van der Waals surface area contributed by atoms with Crippen molar-refractivity contribution in [1.29, 1.82) is 0 Å². The van der Waals surface area contributed by atoms with Gasteiger partial charge in [-0.05, 0) is 35.9 Å². The van der Waals surface area contributed by atoms with Crippen LogP contribution in [0.15, 0.2) is 46.9 Å². The Hall–Kier alpha value is -1.48. The van der Waals surface area contributed by atoms with Crippen LogP contribution in [0.25, 0.3) is 11.1 Å². The van der Waals surface area contributed by atoms with Crippen LogP contribution in [0.4, 0.5) is 0 Å². The third kappa shape index (κ3) is 2.19. The third-order valence-corrected chi connectivity index (χ3v) is 2.84. The lowest BCUT2D eigenvalue weighted by atomic mass is 10.0. The van der Waals surface area contributed by atoms with Gasteiger partial charge in [0.1, 0.15) is 11.5 Å². The molecule has 0 heterocycles. The summed E-state index contributed by atoms with van der Waals surface area (Å²) in [5.74, 6) is 1.07. The molecule has 0 atom stereocenters. The summed E-state index contributed by atoms with van der Waals surface area (Å²) in [5.41, 5.74) is 2.02. The highest BCUT2D eigenvalue weighted by molar-refractivity contribution is 9.10. The SMILES string of the molecule is COc1cc(Br)ccc1-c1ccc(O)cc1. The van der Waals surface area contributed by atoms with Gasteiger partial charge >= 0.3 is 0 Å². The van der Waals surface area contributed by atoms with E-state index in [-0.39, 0.29) is 5.75 Å². The second kappa shape index (κ2) is 4.58. The molecule has 2 nitrogen and oxygen atoms in total. The standard InChI is InChI=1S/C13H11BrO2/c1-16-13-8-10(14)4-7-12(13)9-2-5-11(15)6-3-9/h2-8,15H,1H3. The Morgan fingerprint density at radius 1 is 1.06 bits per heavy atom. The molecule has 0 aliphatic carbocycles. The molecule has 2 aromatic carbocycles. The Morgan fingerprint density at radius 3 is 2.38 bits per heavy atom. The first-order valence-corrected chi connectivity index (χ1v) is 5.63. The highest BCUT2D eigenvalue weighted by Gasteiger charge is 2.05. The monoisotopic (exact) mass is 278 g/mol. The molecule has 82 valence electrons. The molecule has 0 saturated carbocycles. The summed E-state index contributed by atoms with van der Waals surface area (Å²) in [4.78, 5) is 0. The van der Waals surface area contributed by atoms with Gasteiger partial charge in [-0.1, -0.05) is 28.1 Å². The molecule has 0 aliphatic rings. The quantitative estimate of drug-likeness (QED) is 0.905. The minimum Gasteiger partial charge on any atom is -0.508 e. The van der Waals surface area contributed by atoms with Gasteiger partial charge in [0.2, 0.25) is 0 Å². The number of ether oxygens (including phenoxy) is 1. The van der Waals surface area contributed by atoms with Gasteiger partial charge in [-0.2, -0.15) is 0 Å². The maximum absolute atomic E-state index is 9.24. The summed E-state index contributed by atoms with van der Waals surface area (Å²) in [6, 6.07) is 12.9. The van der Waals surface area contributed by atoms with Gasteiger partial charge in [0.15, 0.2) is 0 Å². The lowest BCUT2D eigenvalue weighted by molar-refractivity contribution is 0.416. The van der Waals surface area contributed by atoms with Crippen LogP contribution in [-0.4, -0.2) is 12.2 Å². The smallest absolute Gasteiger partial charge is 0.127 e. The number of aromatic hydroxyl groups is 1. The number of rotatable bonds is 2. The number of hydrogen-bond donors (Lipinski definition) is 1. The summed E-state index contributed by atoms with van der Waals surface area (Å²) in [5, 5.41) is 9.24. The summed E-state index contributed by atoms with van der Waals surface area (Å²) >= 11 is 3.40. The summed E-state index contributed by atoms with van der Waals surface area (Å²) in [6.07, 6.45) is 0. The Kier molecular flexibility index (Phi) is 3.15. The summed E-state index contributed by atoms with van der Waals surface area (Å²) in [6.45, 7) is 0. The Labute approximate surface area is 103 Å². The van der Waals surface area contributed by atoms with Crippen LogP contribution in [0.3, 0.4) is 0 Å². The number of phenols is 1. The van der Waals surface area contributed by atoms with Crippen LogP contribution < -0.4 is 4.74 Å². The fourth-order valence-electron chi connectivity index (χ4n) is 1.54. The molecule has 0 fully saturated rings. The van der Waals surface area contributed by atoms with E-state index >= 15 is 0 Å². The minimum atomic E-state index is 0.264. The van der Waals surface area contributed by atoms with E-state index in [9.17, 15) is 5.11 Å². The first-order valence-electron chi connectivity index (χ1n) is 4.83. The average molecular weight is 279 g/mol. The zero-order valence-electron chi connectivity index (χ0n) is 8.77. The first-order chi connectivity index (χ1) is 7.70. The lowest BCUT2D eigenvalue weighted by Gasteiger charge is -2.09. The molecule has 0 spiro atoms. The van der Waals surface area contributed by atoms with Gasteiger partial charge in [-0.25, -0.2) is 0 Å². The van der Waals surface area contributed by atoms with E-state index in [1.807, 2.05) is 30.3 Å². The van der Waals surface area contributed by atoms with Gasteiger partial charge in [-0.3, -0.25) is 0 Å². The molecule has 0 unspecified atom stereocenters. The molecule has 1 N–H and O–H groups in total. The maximum Gasteiger partial charge on any atom is 0.127 e. The predicted octanol–water partition coefficient (Wildman–Crippen LogP) is 3.83. The molecular weight excluding hydrogens is 268 g/mol. The van der Waals surface area contributed by atoms with Crippen LogP contribution in [0.5, 0.6) is 11.5 Å². The maximum atomic E-state index is 9.24. The number of methoxy groups -OCH3 is 1. The molecule has 2 rings (SSSR count). The van der Waals surface area contributed by atoms with Crippen molar-refractivity contribution in [2.24, 2.45) is 0 Å². The van der Waals surface area contributed by atoms with E-state index in [4.69, 9.17) is 4.74 Å². The second-order valence-electron chi connectivity index (χ2n) is 3.39. The lowest BCUT2D eigenvalue weighted by Crippen LogP contribution is -1.87. The van der Waals surface area contributed by atoms with Crippen molar-refractivity contribution in [1.82, 2.24) is 0 Å². The van der Waals surface area contributed by atoms with E-state index in [2.05, 4.69) is 15.9 Å². The molecule has 3 heteroatoms. The van der Waals surface area contributed by atoms with Crippen molar-refractivity contribution in [3.05, 3.63) is 46.9 Å². The zero-order chi connectivity index (χ0) is 11.5. The molecule has 16 heavy (non-hydrogen) atoms. The first kappa shape index (κ1) is 11.0. The Balaban J connectivity index is 2.51. The second-order valence-corrected chi connectivity index (χ2v) is 4.31. The highest BCUT2D eigenvalue weighted by atomic mass is 79.9. The van der Waals surface area contributed by atoms with E-state index in [0.717, 1.165) is 21.3 Å². The molecule has 0 saturated heterocycles. The van der Waals surface area contributed by atoms with E-state index in [1.165, 1.54) is 0 Å². The molecular formula is C13H11BrO2. The van der Waals surface area contributed by atoms with Crippen molar-refractivity contribution in [3.63, 3.8) is 0 Å². The average Bonchev–Trinajstić information content (AvgIpc) is 2.30. The third-order valence-electron chi connectivity index (χ3n) is 2.34. The zero-order valence-corrected chi connectivity index (χ0v) is 10.4. The van der Waals surface area contributed by atoms with Gasteiger partial charge < -0.3 is 9.84 Å². The number of halogens is 1. The number of benzene rings is 2. The molecule has 0 aliphatic heterocycles. The molecule has 0 aromatic heterocycles. The van der Waals surface area contributed by atoms with Gasteiger partial charge in [-0.15, -0.1) is 0 Å². The van der Waals surface area contributed by atoms with Gasteiger partial charge in [0.25, 0.3) is 0 Å².